The highest BCUT2D eigenvalue weighted by Crippen LogP contribution is 2.28. The number of nitrogens with one attached hydrogen (secondary N) is 1. The van der Waals surface area contributed by atoms with Crippen molar-refractivity contribution in [1.29, 1.82) is 0 Å². The van der Waals surface area contributed by atoms with Crippen molar-refractivity contribution in [2.24, 2.45) is 0 Å². The molecule has 0 radical (unpaired) electrons. The molecule has 0 fully saturated rings. The average Bonchev–Trinajstić information content (AvgIpc) is 3.20. The number of ketones is 1. The molecule has 3 heterocycles. The molecule has 7 heteroatoms. The van der Waals surface area contributed by atoms with Crippen LogP contribution in [-0.2, 0) is 13.0 Å². The van der Waals surface area contributed by atoms with Crippen molar-refractivity contribution in [3.05, 3.63) is 82.9 Å². The van der Waals surface area contributed by atoms with Gasteiger partial charge in [-0.3, -0.25) is 9.59 Å². The Balaban J connectivity index is 1.55. The monoisotopic (exact) mass is 434 g/mol. The molecule has 0 aliphatic carbocycles. The van der Waals surface area contributed by atoms with Gasteiger partial charge < -0.3 is 9.88 Å². The Bertz CT molecular complexity index is 1110. The van der Waals surface area contributed by atoms with Crippen LogP contribution in [0.1, 0.15) is 83.0 Å². The highest BCUT2D eigenvalue weighted by molar-refractivity contribution is 6.01. The maximum atomic E-state index is 13.2. The topological polar surface area (TPSA) is 76.9 Å². The summed E-state index contributed by atoms with van der Waals surface area (Å²) < 4.78 is 15.2. The van der Waals surface area contributed by atoms with Gasteiger partial charge in [-0.05, 0) is 61.9 Å². The largest absolute Gasteiger partial charge is 0.342 e. The van der Waals surface area contributed by atoms with Crippen molar-refractivity contribution >= 4 is 11.7 Å². The lowest BCUT2D eigenvalue weighted by atomic mass is 9.94. The number of nitrogens with zero attached hydrogens (tertiary/aromatic N) is 3. The van der Waals surface area contributed by atoms with Gasteiger partial charge in [0.1, 0.15) is 11.6 Å². The lowest BCUT2D eigenvalue weighted by Crippen LogP contribution is -2.29. The van der Waals surface area contributed by atoms with Gasteiger partial charge in [-0.25, -0.2) is 14.4 Å². The minimum Gasteiger partial charge on any atom is -0.342 e. The van der Waals surface area contributed by atoms with Crippen molar-refractivity contribution in [3.63, 3.8) is 0 Å². The Morgan fingerprint density at radius 1 is 1.12 bits per heavy atom. The molecule has 0 spiro atoms. The van der Waals surface area contributed by atoms with Crippen molar-refractivity contribution in [2.75, 3.05) is 0 Å². The van der Waals surface area contributed by atoms with Crippen LogP contribution in [0.2, 0.25) is 0 Å². The van der Waals surface area contributed by atoms with Gasteiger partial charge in [0.2, 0.25) is 0 Å². The van der Waals surface area contributed by atoms with Gasteiger partial charge in [0.05, 0.1) is 17.3 Å². The quantitative estimate of drug-likeness (QED) is 0.551. The lowest BCUT2D eigenvalue weighted by molar-refractivity contribution is 0.0935. The predicted molar refractivity (Wildman–Crippen MR) is 119 cm³/mol. The van der Waals surface area contributed by atoms with E-state index in [1.807, 2.05) is 18.4 Å². The van der Waals surface area contributed by atoms with E-state index < -0.39 is 0 Å². The van der Waals surface area contributed by atoms with Crippen molar-refractivity contribution in [2.45, 2.75) is 58.0 Å². The summed E-state index contributed by atoms with van der Waals surface area (Å²) in [6.45, 7) is 4.53. The first kappa shape index (κ1) is 21.9. The van der Waals surface area contributed by atoms with E-state index in [0.29, 0.717) is 23.5 Å². The van der Waals surface area contributed by atoms with Gasteiger partial charge in [-0.1, -0.05) is 19.1 Å². The Hall–Kier alpha value is -3.35. The van der Waals surface area contributed by atoms with Gasteiger partial charge in [0.25, 0.3) is 5.91 Å². The number of fused-ring (bicyclic) bond motifs is 1. The standard InChI is InChI=1S/C25H27FN4O2/c1-16(18-7-9-19(26)10-8-18)14-23(31)22-15-20(21-6-3-4-13-30(21)22)25(32)29-17(2)24-27-11-5-12-28-24/h5,7-12,15-17H,3-4,6,13-14H2,1-2H3,(H,29,32)/t16-,17?/m0/s1. The normalized spacial score (nSPS) is 15.0. The minimum absolute atomic E-state index is 0.0107. The molecule has 1 aliphatic rings. The maximum absolute atomic E-state index is 13.2. The smallest absolute Gasteiger partial charge is 0.253 e. The minimum atomic E-state index is -0.347. The molecule has 0 saturated carbocycles. The molecule has 0 saturated heterocycles. The van der Waals surface area contributed by atoms with E-state index in [-0.39, 0.29) is 29.5 Å². The van der Waals surface area contributed by atoms with Gasteiger partial charge in [0.15, 0.2) is 5.78 Å². The van der Waals surface area contributed by atoms with Crippen LogP contribution in [0.5, 0.6) is 0 Å². The number of amides is 1. The van der Waals surface area contributed by atoms with E-state index in [9.17, 15) is 14.0 Å². The van der Waals surface area contributed by atoms with E-state index in [1.54, 1.807) is 36.7 Å². The first-order valence-electron chi connectivity index (χ1n) is 11.0. The Morgan fingerprint density at radius 2 is 1.84 bits per heavy atom. The summed E-state index contributed by atoms with van der Waals surface area (Å²) in [7, 11) is 0. The third kappa shape index (κ3) is 4.61. The third-order valence-electron chi connectivity index (χ3n) is 6.04. The Kier molecular flexibility index (Phi) is 6.44. The molecule has 1 unspecified atom stereocenters. The van der Waals surface area contributed by atoms with Crippen molar-refractivity contribution in [3.8, 4) is 0 Å². The summed E-state index contributed by atoms with van der Waals surface area (Å²) in [6, 6.07) is 9.37. The van der Waals surface area contributed by atoms with E-state index in [0.717, 1.165) is 37.1 Å². The van der Waals surface area contributed by atoms with Gasteiger partial charge in [-0.15, -0.1) is 0 Å². The highest BCUT2D eigenvalue weighted by atomic mass is 19.1. The predicted octanol–water partition coefficient (Wildman–Crippen LogP) is 4.62. The fourth-order valence-electron chi connectivity index (χ4n) is 4.27. The average molecular weight is 435 g/mol. The second-order valence-corrected chi connectivity index (χ2v) is 8.38. The first-order chi connectivity index (χ1) is 15.4. The second kappa shape index (κ2) is 9.42. The van der Waals surface area contributed by atoms with Gasteiger partial charge >= 0.3 is 0 Å². The van der Waals surface area contributed by atoms with E-state index in [4.69, 9.17) is 0 Å². The zero-order valence-corrected chi connectivity index (χ0v) is 18.3. The number of Topliss-reactive ketones (excluding diaryl/α,β-unsaturated/α-hetero) is 1. The zero-order valence-electron chi connectivity index (χ0n) is 18.3. The number of aromatic nitrogens is 3. The van der Waals surface area contributed by atoms with Crippen LogP contribution in [0.4, 0.5) is 4.39 Å². The van der Waals surface area contributed by atoms with E-state index in [2.05, 4.69) is 15.3 Å². The number of hydrogen-bond donors (Lipinski definition) is 1. The molecular formula is C25H27FN4O2. The van der Waals surface area contributed by atoms with Crippen molar-refractivity contribution in [1.82, 2.24) is 19.9 Å². The Morgan fingerprint density at radius 3 is 2.56 bits per heavy atom. The molecule has 1 amide bonds. The maximum Gasteiger partial charge on any atom is 0.253 e. The van der Waals surface area contributed by atoms with E-state index >= 15 is 0 Å². The number of carbonyl (C=O) groups excluding carboxylic acids is 2. The molecule has 6 nitrogen and oxygen atoms in total. The SMILES string of the molecule is CC(NC(=O)c1cc(C(=O)C[C@H](C)c2ccc(F)cc2)n2c1CCCC2)c1ncccn1. The first-order valence-corrected chi connectivity index (χ1v) is 11.0. The van der Waals surface area contributed by atoms with Crippen LogP contribution in [0, 0.1) is 5.82 Å². The van der Waals surface area contributed by atoms with Crippen LogP contribution < -0.4 is 5.32 Å². The van der Waals surface area contributed by atoms with Crippen LogP contribution in [0.25, 0.3) is 0 Å². The van der Waals surface area contributed by atoms with Gasteiger partial charge in [0, 0.05) is 31.1 Å². The molecule has 32 heavy (non-hydrogen) atoms. The fourth-order valence-corrected chi connectivity index (χ4v) is 4.27. The summed E-state index contributed by atoms with van der Waals surface area (Å²) in [5, 5.41) is 2.96. The molecule has 1 N–H and O–H groups in total. The van der Waals surface area contributed by atoms with Crippen molar-refractivity contribution < 1.29 is 14.0 Å². The van der Waals surface area contributed by atoms with Crippen LogP contribution >= 0.6 is 0 Å². The number of halogens is 1. The third-order valence-corrected chi connectivity index (χ3v) is 6.04. The second-order valence-electron chi connectivity index (χ2n) is 8.38. The molecule has 3 aromatic rings. The zero-order chi connectivity index (χ0) is 22.7. The molecular weight excluding hydrogens is 407 g/mol. The molecule has 0 bridgehead atoms. The molecule has 4 rings (SSSR count). The molecule has 2 aromatic heterocycles. The number of benzene rings is 1. The summed E-state index contributed by atoms with van der Waals surface area (Å²) in [6.07, 6.45) is 6.31. The molecule has 1 aromatic carbocycles. The van der Waals surface area contributed by atoms with Gasteiger partial charge in [-0.2, -0.15) is 0 Å². The number of hydrogen-bond acceptors (Lipinski definition) is 4. The summed E-state index contributed by atoms with van der Waals surface area (Å²) >= 11 is 0. The van der Waals surface area contributed by atoms with E-state index in [1.165, 1.54) is 12.1 Å². The number of rotatable bonds is 7. The van der Waals surface area contributed by atoms with Crippen LogP contribution in [0.15, 0.2) is 48.8 Å². The number of carbonyl (C=O) groups is 2. The molecule has 166 valence electrons. The summed E-state index contributed by atoms with van der Waals surface area (Å²) in [4.78, 5) is 34.7. The van der Waals surface area contributed by atoms with Crippen LogP contribution in [-0.4, -0.2) is 26.2 Å². The molecule has 2 atom stereocenters. The lowest BCUT2D eigenvalue weighted by Gasteiger charge is -2.19. The fraction of sp³-hybridized carbons (Fsp3) is 0.360. The summed E-state index contributed by atoms with van der Waals surface area (Å²) in [5.41, 5.74) is 2.94. The Labute approximate surface area is 186 Å². The molecule has 1 aliphatic heterocycles. The van der Waals surface area contributed by atoms with Crippen LogP contribution in [0.3, 0.4) is 0 Å². The summed E-state index contributed by atoms with van der Waals surface area (Å²) in [5.74, 6) is -0.0351. The highest BCUT2D eigenvalue weighted by Gasteiger charge is 2.27.